The number of hydrogen-bond acceptors (Lipinski definition) is 2. The largest absolute Gasteiger partial charge is 0.298 e. The molecule has 0 saturated carbocycles. The molecule has 0 atom stereocenters. The Hall–Kier alpha value is 0.480. The van der Waals surface area contributed by atoms with Crippen molar-refractivity contribution in [2.24, 2.45) is 0 Å². The van der Waals surface area contributed by atoms with Gasteiger partial charge in [-0.15, -0.1) is 0 Å². The lowest BCUT2D eigenvalue weighted by atomic mass is 10.1. The molecule has 0 radical (unpaired) electrons. The van der Waals surface area contributed by atoms with Crippen LogP contribution in [0.3, 0.4) is 0 Å². The Kier molecular flexibility index (Phi) is 4.49. The van der Waals surface area contributed by atoms with Gasteiger partial charge in [-0.2, -0.15) is 0 Å². The summed E-state index contributed by atoms with van der Waals surface area (Å²) in [5.74, 6) is 0. The van der Waals surface area contributed by atoms with Crippen molar-refractivity contribution >= 4 is 76.3 Å². The van der Waals surface area contributed by atoms with E-state index < -0.39 is 0 Å². The first-order chi connectivity index (χ1) is 6.54. The highest BCUT2D eigenvalue weighted by Crippen LogP contribution is 2.40. The molecule has 0 spiro atoms. The highest BCUT2D eigenvalue weighted by molar-refractivity contribution is 9.15. The van der Waals surface area contributed by atoms with Gasteiger partial charge in [0, 0.05) is 29.0 Å². The summed E-state index contributed by atoms with van der Waals surface area (Å²) in [5.41, 5.74) is 0.643. The second-order valence-electron chi connectivity index (χ2n) is 2.32. The second-order valence-corrected chi connectivity index (χ2v) is 5.49. The third-order valence-corrected chi connectivity index (χ3v) is 6.41. The molecule has 14 heavy (non-hydrogen) atoms. The van der Waals surface area contributed by atoms with Crippen molar-refractivity contribution in [2.75, 3.05) is 0 Å². The third-order valence-electron chi connectivity index (χ3n) is 1.58. The zero-order valence-corrected chi connectivity index (χ0v) is 12.8. The fourth-order valence-electron chi connectivity index (χ4n) is 0.896. The summed E-state index contributed by atoms with van der Waals surface area (Å²) in [6.07, 6.45) is 1.27. The lowest BCUT2D eigenvalue weighted by molar-refractivity contribution is 0.109. The zero-order valence-electron chi connectivity index (χ0n) is 6.48. The fraction of sp³-hybridized carbons (Fsp3) is 0. The molecule has 1 aromatic rings. The molecule has 0 bridgehead atoms. The highest BCUT2D eigenvalue weighted by Gasteiger charge is 2.17. The van der Waals surface area contributed by atoms with Crippen LogP contribution in [0.4, 0.5) is 0 Å². The van der Waals surface area contributed by atoms with Crippen LogP contribution in [-0.4, -0.2) is 12.6 Å². The fourth-order valence-corrected chi connectivity index (χ4v) is 3.26. The maximum atomic E-state index is 10.8. The Labute approximate surface area is 114 Å². The van der Waals surface area contributed by atoms with Gasteiger partial charge >= 0.3 is 0 Å². The molecule has 0 aromatic heterocycles. The van der Waals surface area contributed by atoms with Crippen molar-refractivity contribution in [3.8, 4) is 0 Å². The van der Waals surface area contributed by atoms with Crippen LogP contribution in [0.15, 0.2) is 17.9 Å². The van der Waals surface area contributed by atoms with Gasteiger partial charge in [-0.05, 0) is 63.7 Å². The molecule has 0 aliphatic heterocycles. The van der Waals surface area contributed by atoms with E-state index in [1.54, 1.807) is 0 Å². The topological polar surface area (TPSA) is 34.1 Å². The van der Waals surface area contributed by atoms with E-state index in [9.17, 15) is 9.59 Å². The SMILES string of the molecule is O=Cc1c(Br)c(Br)c(Br)c(Br)c1C=O. The first kappa shape index (κ1) is 12.5. The van der Waals surface area contributed by atoms with E-state index in [0.29, 0.717) is 41.6 Å². The van der Waals surface area contributed by atoms with Gasteiger partial charge in [0.1, 0.15) is 0 Å². The summed E-state index contributed by atoms with van der Waals surface area (Å²) < 4.78 is 2.50. The van der Waals surface area contributed by atoms with E-state index in [-0.39, 0.29) is 0 Å². The number of carbonyl (C=O) groups is 2. The van der Waals surface area contributed by atoms with Crippen molar-refractivity contribution in [3.05, 3.63) is 29.0 Å². The number of aldehydes is 2. The molecule has 0 aliphatic rings. The van der Waals surface area contributed by atoms with Crippen molar-refractivity contribution < 1.29 is 9.59 Å². The molecule has 0 fully saturated rings. The second kappa shape index (κ2) is 5.01. The molecule has 0 saturated heterocycles. The smallest absolute Gasteiger partial charge is 0.151 e. The molecule has 0 aliphatic carbocycles. The molecular formula is C8H2Br4O2. The Morgan fingerprint density at radius 3 is 1.14 bits per heavy atom. The Balaban J connectivity index is 3.73. The zero-order chi connectivity index (χ0) is 10.9. The van der Waals surface area contributed by atoms with Gasteiger partial charge in [-0.3, -0.25) is 9.59 Å². The summed E-state index contributed by atoms with van der Waals surface area (Å²) in [6, 6.07) is 0. The van der Waals surface area contributed by atoms with Gasteiger partial charge in [-0.1, -0.05) is 0 Å². The summed E-state index contributed by atoms with van der Waals surface area (Å²) in [7, 11) is 0. The van der Waals surface area contributed by atoms with Gasteiger partial charge < -0.3 is 0 Å². The molecule has 0 heterocycles. The maximum Gasteiger partial charge on any atom is 0.151 e. The standard InChI is InChI=1S/C8H2Br4O2/c9-5-3(1-13)4(2-14)6(10)8(12)7(5)11/h1-2H. The predicted octanol–water partition coefficient (Wildman–Crippen LogP) is 4.36. The molecule has 1 aromatic carbocycles. The minimum atomic E-state index is 0.321. The quantitative estimate of drug-likeness (QED) is 0.382. The van der Waals surface area contributed by atoms with Crippen molar-refractivity contribution in [1.29, 1.82) is 0 Å². The Morgan fingerprint density at radius 2 is 0.929 bits per heavy atom. The third kappa shape index (κ3) is 2.03. The monoisotopic (exact) mass is 446 g/mol. The summed E-state index contributed by atoms with van der Waals surface area (Å²) in [6.45, 7) is 0. The van der Waals surface area contributed by atoms with E-state index in [1.165, 1.54) is 0 Å². The summed E-state index contributed by atoms with van der Waals surface area (Å²) in [5, 5.41) is 0. The molecule has 0 N–H and O–H groups in total. The first-order valence-corrected chi connectivity index (χ1v) is 6.48. The normalized spacial score (nSPS) is 10.0. The van der Waals surface area contributed by atoms with E-state index in [4.69, 9.17) is 0 Å². The molecule has 1 rings (SSSR count). The number of rotatable bonds is 2. The van der Waals surface area contributed by atoms with Gasteiger partial charge in [0.15, 0.2) is 12.6 Å². The van der Waals surface area contributed by atoms with Crippen molar-refractivity contribution in [3.63, 3.8) is 0 Å². The average molecular weight is 450 g/mol. The number of carbonyl (C=O) groups excluding carboxylic acids is 2. The highest BCUT2D eigenvalue weighted by atomic mass is 79.9. The van der Waals surface area contributed by atoms with Gasteiger partial charge in [0.05, 0.1) is 0 Å². The lowest BCUT2D eigenvalue weighted by Crippen LogP contribution is -1.96. The van der Waals surface area contributed by atoms with Crippen LogP contribution in [0.5, 0.6) is 0 Å². The average Bonchev–Trinajstić information content (AvgIpc) is 2.20. The predicted molar refractivity (Wildman–Crippen MR) is 68.0 cm³/mol. The molecule has 0 amide bonds. The first-order valence-electron chi connectivity index (χ1n) is 3.30. The van der Waals surface area contributed by atoms with Crippen LogP contribution in [0.2, 0.25) is 0 Å². The molecule has 74 valence electrons. The number of halogens is 4. The lowest BCUT2D eigenvalue weighted by Gasteiger charge is -2.08. The van der Waals surface area contributed by atoms with Crippen LogP contribution >= 0.6 is 63.7 Å². The number of hydrogen-bond donors (Lipinski definition) is 0. The molecule has 6 heteroatoms. The molecule has 2 nitrogen and oxygen atoms in total. The Morgan fingerprint density at radius 1 is 0.643 bits per heavy atom. The Bertz CT molecular complexity index is 376. The van der Waals surface area contributed by atoms with Gasteiger partial charge in [0.2, 0.25) is 0 Å². The van der Waals surface area contributed by atoms with Crippen LogP contribution in [-0.2, 0) is 0 Å². The van der Waals surface area contributed by atoms with Crippen LogP contribution in [0.1, 0.15) is 20.7 Å². The van der Waals surface area contributed by atoms with E-state index in [2.05, 4.69) is 63.7 Å². The van der Waals surface area contributed by atoms with E-state index in [0.717, 1.165) is 0 Å². The number of benzene rings is 1. The summed E-state index contributed by atoms with van der Waals surface area (Å²) >= 11 is 13.0. The van der Waals surface area contributed by atoms with Crippen LogP contribution < -0.4 is 0 Å². The van der Waals surface area contributed by atoms with Crippen molar-refractivity contribution in [1.82, 2.24) is 0 Å². The van der Waals surface area contributed by atoms with Crippen LogP contribution in [0.25, 0.3) is 0 Å². The van der Waals surface area contributed by atoms with E-state index >= 15 is 0 Å². The minimum Gasteiger partial charge on any atom is -0.298 e. The van der Waals surface area contributed by atoms with Gasteiger partial charge in [-0.25, -0.2) is 0 Å². The van der Waals surface area contributed by atoms with Crippen molar-refractivity contribution in [2.45, 2.75) is 0 Å². The summed E-state index contributed by atoms with van der Waals surface area (Å²) in [4.78, 5) is 21.6. The minimum absolute atomic E-state index is 0.321. The van der Waals surface area contributed by atoms with Crippen LogP contribution in [0, 0.1) is 0 Å². The maximum absolute atomic E-state index is 10.8. The molecule has 0 unspecified atom stereocenters. The van der Waals surface area contributed by atoms with E-state index in [1.807, 2.05) is 0 Å². The van der Waals surface area contributed by atoms with Gasteiger partial charge in [0.25, 0.3) is 0 Å². The molecular weight excluding hydrogens is 448 g/mol.